The van der Waals surface area contributed by atoms with E-state index in [0.29, 0.717) is 17.7 Å². The van der Waals surface area contributed by atoms with Crippen LogP contribution in [0.25, 0.3) is 0 Å². The van der Waals surface area contributed by atoms with Gasteiger partial charge in [-0.05, 0) is 31.9 Å². The van der Waals surface area contributed by atoms with Crippen molar-refractivity contribution in [3.05, 3.63) is 29.3 Å². The number of rotatable bonds is 5. The summed E-state index contributed by atoms with van der Waals surface area (Å²) >= 11 is 0. The Balaban J connectivity index is 2.72. The quantitative estimate of drug-likeness (QED) is 0.698. The zero-order valence-electron chi connectivity index (χ0n) is 11.3. The molecule has 100 valence electrons. The summed E-state index contributed by atoms with van der Waals surface area (Å²) in [6.07, 6.45) is 1.52. The van der Waals surface area contributed by atoms with Crippen molar-refractivity contribution in [1.82, 2.24) is 5.32 Å². The Labute approximate surface area is 108 Å². The lowest BCUT2D eigenvalue weighted by Crippen LogP contribution is -2.40. The number of hydrogen-bond donors (Lipinski definition) is 3. The molecule has 0 aliphatic heterocycles. The van der Waals surface area contributed by atoms with Crippen LogP contribution in [-0.2, 0) is 0 Å². The number of nitrogens with one attached hydrogen (secondary N) is 1. The molecule has 4 heteroatoms. The van der Waals surface area contributed by atoms with Gasteiger partial charge in [0.15, 0.2) is 0 Å². The van der Waals surface area contributed by atoms with Gasteiger partial charge in [-0.1, -0.05) is 25.5 Å². The van der Waals surface area contributed by atoms with Gasteiger partial charge in [-0.2, -0.15) is 0 Å². The summed E-state index contributed by atoms with van der Waals surface area (Å²) in [5, 5.41) is 12.7. The van der Waals surface area contributed by atoms with Crippen molar-refractivity contribution in [2.24, 2.45) is 0 Å². The fourth-order valence-corrected chi connectivity index (χ4v) is 1.99. The van der Waals surface area contributed by atoms with Gasteiger partial charge >= 0.3 is 0 Å². The van der Waals surface area contributed by atoms with Crippen LogP contribution in [-0.4, -0.2) is 23.2 Å². The van der Waals surface area contributed by atoms with Crippen molar-refractivity contribution in [2.75, 3.05) is 12.3 Å². The fraction of sp³-hybridized carbons (Fsp3) is 0.500. The highest BCUT2D eigenvalue weighted by Crippen LogP contribution is 2.16. The lowest BCUT2D eigenvalue weighted by atomic mass is 10.00. The van der Waals surface area contributed by atoms with Crippen molar-refractivity contribution in [3.8, 4) is 0 Å². The van der Waals surface area contributed by atoms with Gasteiger partial charge in [0.2, 0.25) is 0 Å². The molecule has 18 heavy (non-hydrogen) atoms. The molecular formula is C14H22N2O2. The van der Waals surface area contributed by atoms with E-state index in [1.54, 1.807) is 13.0 Å². The standard InChI is InChI=1S/C14H22N2O2/c1-4-8-14(3,18)9-16-13(17)12-10(2)6-5-7-11(12)15/h5-7,18H,4,8-9,15H2,1-3H3,(H,16,17). The number of amides is 1. The lowest BCUT2D eigenvalue weighted by molar-refractivity contribution is 0.0469. The van der Waals surface area contributed by atoms with Gasteiger partial charge in [0.25, 0.3) is 5.91 Å². The Morgan fingerprint density at radius 3 is 2.72 bits per heavy atom. The monoisotopic (exact) mass is 250 g/mol. The highest BCUT2D eigenvalue weighted by atomic mass is 16.3. The molecule has 4 N–H and O–H groups in total. The third kappa shape index (κ3) is 3.74. The highest BCUT2D eigenvalue weighted by Gasteiger charge is 2.21. The Kier molecular flexibility index (Phi) is 4.73. The smallest absolute Gasteiger partial charge is 0.253 e. The molecule has 0 aliphatic carbocycles. The zero-order valence-corrected chi connectivity index (χ0v) is 11.3. The molecule has 1 aromatic carbocycles. The van der Waals surface area contributed by atoms with Crippen molar-refractivity contribution >= 4 is 11.6 Å². The molecule has 0 saturated heterocycles. The normalized spacial score (nSPS) is 14.0. The highest BCUT2D eigenvalue weighted by molar-refractivity contribution is 6.00. The van der Waals surface area contributed by atoms with Gasteiger partial charge in [-0.15, -0.1) is 0 Å². The first-order valence-electron chi connectivity index (χ1n) is 6.23. The van der Waals surface area contributed by atoms with Crippen LogP contribution in [0.3, 0.4) is 0 Å². The predicted octanol–water partition coefficient (Wildman–Crippen LogP) is 1.86. The van der Waals surface area contributed by atoms with Gasteiger partial charge < -0.3 is 16.2 Å². The SMILES string of the molecule is CCCC(C)(O)CNC(=O)c1c(C)cccc1N. The fourth-order valence-electron chi connectivity index (χ4n) is 1.99. The number of nitrogen functional groups attached to an aromatic ring is 1. The molecule has 0 saturated carbocycles. The number of carbonyl (C=O) groups excluding carboxylic acids is 1. The van der Waals surface area contributed by atoms with Crippen molar-refractivity contribution in [2.45, 2.75) is 39.2 Å². The summed E-state index contributed by atoms with van der Waals surface area (Å²) in [7, 11) is 0. The van der Waals surface area contributed by atoms with E-state index in [-0.39, 0.29) is 12.5 Å². The second-order valence-electron chi connectivity index (χ2n) is 4.97. The number of anilines is 1. The molecular weight excluding hydrogens is 228 g/mol. The Morgan fingerprint density at radius 1 is 1.50 bits per heavy atom. The number of nitrogens with two attached hydrogens (primary N) is 1. The minimum atomic E-state index is -0.873. The molecule has 1 atom stereocenters. The van der Waals surface area contributed by atoms with E-state index in [9.17, 15) is 9.90 Å². The minimum Gasteiger partial charge on any atom is -0.398 e. The van der Waals surface area contributed by atoms with Crippen molar-refractivity contribution < 1.29 is 9.90 Å². The van der Waals surface area contributed by atoms with Crippen LogP contribution in [0.5, 0.6) is 0 Å². The second-order valence-corrected chi connectivity index (χ2v) is 4.97. The molecule has 1 aromatic rings. The number of aliphatic hydroxyl groups is 1. The van der Waals surface area contributed by atoms with Gasteiger partial charge in [0.05, 0.1) is 11.2 Å². The maximum absolute atomic E-state index is 12.0. The molecule has 0 radical (unpaired) electrons. The van der Waals surface area contributed by atoms with E-state index in [2.05, 4.69) is 5.32 Å². The summed E-state index contributed by atoms with van der Waals surface area (Å²) in [5.41, 5.74) is 6.71. The summed E-state index contributed by atoms with van der Waals surface area (Å²) in [4.78, 5) is 12.0. The van der Waals surface area contributed by atoms with E-state index in [1.807, 2.05) is 26.0 Å². The number of aryl methyl sites for hydroxylation is 1. The third-order valence-electron chi connectivity index (χ3n) is 2.95. The van der Waals surface area contributed by atoms with Gasteiger partial charge in [0.1, 0.15) is 0 Å². The van der Waals surface area contributed by atoms with E-state index >= 15 is 0 Å². The number of hydrogen-bond acceptors (Lipinski definition) is 3. The maximum Gasteiger partial charge on any atom is 0.253 e. The second kappa shape index (κ2) is 5.87. The molecule has 4 nitrogen and oxygen atoms in total. The van der Waals surface area contributed by atoms with Crippen LogP contribution in [0.4, 0.5) is 5.69 Å². The predicted molar refractivity (Wildman–Crippen MR) is 73.5 cm³/mol. The molecule has 1 rings (SSSR count). The van der Waals surface area contributed by atoms with E-state index in [1.165, 1.54) is 0 Å². The number of carbonyl (C=O) groups is 1. The van der Waals surface area contributed by atoms with E-state index in [0.717, 1.165) is 12.0 Å². The molecule has 0 aliphatic rings. The van der Waals surface area contributed by atoms with E-state index in [4.69, 9.17) is 5.73 Å². The summed E-state index contributed by atoms with van der Waals surface area (Å²) in [6.45, 7) is 5.79. The van der Waals surface area contributed by atoms with Crippen LogP contribution >= 0.6 is 0 Å². The third-order valence-corrected chi connectivity index (χ3v) is 2.95. The number of benzene rings is 1. The topological polar surface area (TPSA) is 75.3 Å². The summed E-state index contributed by atoms with van der Waals surface area (Å²) in [6, 6.07) is 5.36. The first-order valence-corrected chi connectivity index (χ1v) is 6.23. The van der Waals surface area contributed by atoms with Crippen molar-refractivity contribution in [1.29, 1.82) is 0 Å². The Hall–Kier alpha value is -1.55. The molecule has 0 aromatic heterocycles. The first-order chi connectivity index (χ1) is 8.37. The van der Waals surface area contributed by atoms with Crippen LogP contribution in [0.1, 0.15) is 42.6 Å². The molecule has 1 unspecified atom stereocenters. The van der Waals surface area contributed by atoms with Gasteiger partial charge in [0, 0.05) is 12.2 Å². The van der Waals surface area contributed by atoms with Crippen LogP contribution < -0.4 is 11.1 Å². The molecule has 0 heterocycles. The molecule has 0 spiro atoms. The van der Waals surface area contributed by atoms with Crippen LogP contribution in [0, 0.1) is 6.92 Å². The minimum absolute atomic E-state index is 0.230. The molecule has 0 fully saturated rings. The maximum atomic E-state index is 12.0. The molecule has 1 amide bonds. The zero-order chi connectivity index (χ0) is 13.8. The summed E-state index contributed by atoms with van der Waals surface area (Å²) < 4.78 is 0. The van der Waals surface area contributed by atoms with Gasteiger partial charge in [-0.25, -0.2) is 0 Å². The molecule has 0 bridgehead atoms. The lowest BCUT2D eigenvalue weighted by Gasteiger charge is -2.23. The summed E-state index contributed by atoms with van der Waals surface area (Å²) in [5.74, 6) is -0.234. The average molecular weight is 250 g/mol. The average Bonchev–Trinajstić information content (AvgIpc) is 2.26. The largest absolute Gasteiger partial charge is 0.398 e. The van der Waals surface area contributed by atoms with E-state index < -0.39 is 5.60 Å². The Bertz CT molecular complexity index is 408. The van der Waals surface area contributed by atoms with Gasteiger partial charge in [-0.3, -0.25) is 4.79 Å². The van der Waals surface area contributed by atoms with Crippen LogP contribution in [0.2, 0.25) is 0 Å². The van der Waals surface area contributed by atoms with Crippen molar-refractivity contribution in [3.63, 3.8) is 0 Å². The van der Waals surface area contributed by atoms with Crippen LogP contribution in [0.15, 0.2) is 18.2 Å². The first kappa shape index (κ1) is 14.5. The Morgan fingerprint density at radius 2 is 2.17 bits per heavy atom.